The number of aliphatic carboxylic acids is 1. The highest BCUT2D eigenvalue weighted by molar-refractivity contribution is 5.83. The average molecular weight is 228 g/mol. The SMILES string of the molecule is O=C(O)C1(c2ccc(F)c(F)c2)CC(O)C1. The summed E-state index contributed by atoms with van der Waals surface area (Å²) in [4.78, 5) is 11.1. The smallest absolute Gasteiger partial charge is 0.314 e. The van der Waals surface area contributed by atoms with Crippen molar-refractivity contribution in [3.63, 3.8) is 0 Å². The van der Waals surface area contributed by atoms with Gasteiger partial charge in [-0.3, -0.25) is 4.79 Å². The zero-order valence-corrected chi connectivity index (χ0v) is 8.28. The highest BCUT2D eigenvalue weighted by Gasteiger charge is 2.51. The Balaban J connectivity index is 2.41. The van der Waals surface area contributed by atoms with Crippen molar-refractivity contribution in [3.05, 3.63) is 35.4 Å². The first-order valence-corrected chi connectivity index (χ1v) is 4.83. The Bertz CT molecular complexity index is 439. The lowest BCUT2D eigenvalue weighted by atomic mass is 9.63. The van der Waals surface area contributed by atoms with Gasteiger partial charge in [-0.2, -0.15) is 0 Å². The van der Waals surface area contributed by atoms with Gasteiger partial charge in [0.2, 0.25) is 0 Å². The molecule has 1 fully saturated rings. The third-order valence-corrected chi connectivity index (χ3v) is 3.05. The summed E-state index contributed by atoms with van der Waals surface area (Å²) >= 11 is 0. The van der Waals surface area contributed by atoms with Crippen molar-refractivity contribution in [2.45, 2.75) is 24.4 Å². The number of carbonyl (C=O) groups is 1. The maximum atomic E-state index is 13.0. The molecule has 1 aromatic rings. The fourth-order valence-electron chi connectivity index (χ4n) is 2.07. The normalized spacial score (nSPS) is 28.6. The minimum absolute atomic E-state index is 0.0351. The zero-order chi connectivity index (χ0) is 11.9. The molecule has 0 saturated heterocycles. The van der Waals surface area contributed by atoms with E-state index in [1.54, 1.807) is 0 Å². The van der Waals surface area contributed by atoms with Crippen LogP contribution in [0.15, 0.2) is 18.2 Å². The average Bonchev–Trinajstić information content (AvgIpc) is 2.17. The third kappa shape index (κ3) is 1.48. The quantitative estimate of drug-likeness (QED) is 0.805. The second-order valence-electron chi connectivity index (χ2n) is 4.08. The number of rotatable bonds is 2. The van der Waals surface area contributed by atoms with Crippen molar-refractivity contribution in [3.8, 4) is 0 Å². The first kappa shape index (κ1) is 11.0. The van der Waals surface area contributed by atoms with Crippen molar-refractivity contribution >= 4 is 5.97 Å². The fourth-order valence-corrected chi connectivity index (χ4v) is 2.07. The molecule has 2 rings (SSSR count). The van der Waals surface area contributed by atoms with Crippen LogP contribution in [0.4, 0.5) is 8.78 Å². The van der Waals surface area contributed by atoms with Crippen LogP contribution >= 0.6 is 0 Å². The molecule has 0 spiro atoms. The van der Waals surface area contributed by atoms with E-state index >= 15 is 0 Å². The van der Waals surface area contributed by atoms with Gasteiger partial charge in [0, 0.05) is 0 Å². The molecule has 0 aliphatic heterocycles. The number of hydrogen-bond acceptors (Lipinski definition) is 2. The highest BCUT2D eigenvalue weighted by atomic mass is 19.2. The molecule has 1 saturated carbocycles. The van der Waals surface area contributed by atoms with Gasteiger partial charge in [-0.05, 0) is 30.5 Å². The van der Waals surface area contributed by atoms with E-state index in [0.717, 1.165) is 12.1 Å². The van der Waals surface area contributed by atoms with Gasteiger partial charge in [-0.1, -0.05) is 6.07 Å². The number of hydrogen-bond donors (Lipinski definition) is 2. The number of carboxylic acid groups (broad SMARTS) is 1. The van der Waals surface area contributed by atoms with E-state index in [4.69, 9.17) is 5.11 Å². The molecular formula is C11H10F2O3. The number of benzene rings is 1. The predicted octanol–water partition coefficient (Wildman–Crippen LogP) is 1.44. The second kappa shape index (κ2) is 3.52. The topological polar surface area (TPSA) is 57.5 Å². The van der Waals surface area contributed by atoms with Crippen LogP contribution < -0.4 is 0 Å². The molecule has 16 heavy (non-hydrogen) atoms. The summed E-state index contributed by atoms with van der Waals surface area (Å²) in [6.45, 7) is 0. The number of carboxylic acids is 1. The van der Waals surface area contributed by atoms with Gasteiger partial charge in [0.1, 0.15) is 0 Å². The van der Waals surface area contributed by atoms with Crippen LogP contribution in [0.1, 0.15) is 18.4 Å². The minimum atomic E-state index is -1.27. The van der Waals surface area contributed by atoms with Crippen LogP contribution in [0, 0.1) is 11.6 Å². The molecule has 1 aliphatic carbocycles. The van der Waals surface area contributed by atoms with Crippen LogP contribution in [0.25, 0.3) is 0 Å². The van der Waals surface area contributed by atoms with Crippen molar-refractivity contribution in [2.75, 3.05) is 0 Å². The molecular weight excluding hydrogens is 218 g/mol. The summed E-state index contributed by atoms with van der Waals surface area (Å²) in [5, 5.41) is 18.3. The summed E-state index contributed by atoms with van der Waals surface area (Å²) in [5.41, 5.74) is -1.07. The molecule has 0 heterocycles. The lowest BCUT2D eigenvalue weighted by molar-refractivity contribution is -0.152. The van der Waals surface area contributed by atoms with Crippen LogP contribution in [-0.4, -0.2) is 22.3 Å². The first-order valence-electron chi connectivity index (χ1n) is 4.83. The van der Waals surface area contributed by atoms with E-state index in [9.17, 15) is 18.7 Å². The molecule has 5 heteroatoms. The van der Waals surface area contributed by atoms with Crippen LogP contribution in [0.2, 0.25) is 0 Å². The van der Waals surface area contributed by atoms with Gasteiger partial charge in [0.25, 0.3) is 0 Å². The Labute approximate surface area is 90.3 Å². The monoisotopic (exact) mass is 228 g/mol. The number of halogens is 2. The molecule has 0 amide bonds. The molecule has 2 N–H and O–H groups in total. The van der Waals surface area contributed by atoms with Crippen molar-refractivity contribution in [2.24, 2.45) is 0 Å². The Kier molecular flexibility index (Phi) is 2.42. The largest absolute Gasteiger partial charge is 0.481 e. The first-order chi connectivity index (χ1) is 7.45. The Morgan fingerprint density at radius 3 is 2.38 bits per heavy atom. The third-order valence-electron chi connectivity index (χ3n) is 3.05. The molecule has 1 aromatic carbocycles. The molecule has 1 aliphatic rings. The molecule has 86 valence electrons. The van der Waals surface area contributed by atoms with Gasteiger partial charge in [0.05, 0.1) is 11.5 Å². The van der Waals surface area contributed by atoms with E-state index in [1.165, 1.54) is 6.07 Å². The zero-order valence-electron chi connectivity index (χ0n) is 8.28. The predicted molar refractivity (Wildman–Crippen MR) is 50.9 cm³/mol. The summed E-state index contributed by atoms with van der Waals surface area (Å²) in [6.07, 6.45) is -0.620. The Morgan fingerprint density at radius 1 is 1.31 bits per heavy atom. The highest BCUT2D eigenvalue weighted by Crippen LogP contribution is 2.44. The summed E-state index contributed by atoms with van der Waals surface area (Å²) in [6, 6.07) is 3.04. The maximum Gasteiger partial charge on any atom is 0.314 e. The van der Waals surface area contributed by atoms with Gasteiger partial charge < -0.3 is 10.2 Å². The molecule has 0 radical (unpaired) electrons. The van der Waals surface area contributed by atoms with Crippen molar-refractivity contribution in [1.29, 1.82) is 0 Å². The molecule has 0 unspecified atom stereocenters. The Morgan fingerprint density at radius 2 is 1.94 bits per heavy atom. The van der Waals surface area contributed by atoms with Crippen LogP contribution in [-0.2, 0) is 10.2 Å². The van der Waals surface area contributed by atoms with E-state index in [-0.39, 0.29) is 18.4 Å². The van der Waals surface area contributed by atoms with E-state index < -0.39 is 29.1 Å². The van der Waals surface area contributed by atoms with Gasteiger partial charge in [-0.15, -0.1) is 0 Å². The van der Waals surface area contributed by atoms with E-state index in [1.807, 2.05) is 0 Å². The van der Waals surface area contributed by atoms with Crippen molar-refractivity contribution < 1.29 is 23.8 Å². The second-order valence-corrected chi connectivity index (χ2v) is 4.08. The van der Waals surface area contributed by atoms with E-state index in [0.29, 0.717) is 0 Å². The van der Waals surface area contributed by atoms with Crippen LogP contribution in [0.3, 0.4) is 0 Å². The number of aliphatic hydroxyl groups is 1. The molecule has 0 aromatic heterocycles. The number of aliphatic hydroxyl groups excluding tert-OH is 1. The summed E-state index contributed by atoms with van der Waals surface area (Å²) in [5.74, 6) is -3.20. The summed E-state index contributed by atoms with van der Waals surface area (Å²) in [7, 11) is 0. The Hall–Kier alpha value is -1.49. The fraction of sp³-hybridized carbons (Fsp3) is 0.364. The summed E-state index contributed by atoms with van der Waals surface area (Å²) < 4.78 is 25.7. The molecule has 0 bridgehead atoms. The minimum Gasteiger partial charge on any atom is -0.481 e. The van der Waals surface area contributed by atoms with Gasteiger partial charge in [-0.25, -0.2) is 8.78 Å². The van der Waals surface area contributed by atoms with Gasteiger partial charge in [0.15, 0.2) is 11.6 Å². The lowest BCUT2D eigenvalue weighted by Crippen LogP contribution is -2.50. The van der Waals surface area contributed by atoms with Crippen LogP contribution in [0.5, 0.6) is 0 Å². The van der Waals surface area contributed by atoms with E-state index in [2.05, 4.69) is 0 Å². The van der Waals surface area contributed by atoms with Crippen molar-refractivity contribution in [1.82, 2.24) is 0 Å². The lowest BCUT2D eigenvalue weighted by Gasteiger charge is -2.42. The molecule has 3 nitrogen and oxygen atoms in total. The standard InChI is InChI=1S/C11H10F2O3/c12-8-2-1-6(3-9(8)13)11(10(15)16)4-7(14)5-11/h1-3,7,14H,4-5H2,(H,15,16). The maximum absolute atomic E-state index is 13.0. The molecule has 0 atom stereocenters. The van der Waals surface area contributed by atoms with Gasteiger partial charge >= 0.3 is 5.97 Å².